The molecule has 4 atom stereocenters. The number of amides is 1. The van der Waals surface area contributed by atoms with Crippen molar-refractivity contribution in [3.05, 3.63) is 12.1 Å². The van der Waals surface area contributed by atoms with Gasteiger partial charge in [-0.05, 0) is 42.9 Å². The highest BCUT2D eigenvalue weighted by Crippen LogP contribution is 2.69. The van der Waals surface area contributed by atoms with Crippen molar-refractivity contribution in [2.24, 2.45) is 29.6 Å². The van der Waals surface area contributed by atoms with E-state index in [2.05, 4.69) is 5.32 Å². The van der Waals surface area contributed by atoms with Gasteiger partial charge in [-0.3, -0.25) is 4.79 Å². The lowest BCUT2D eigenvalue weighted by Crippen LogP contribution is -2.19. The monoisotopic (exact) mass is 322 g/mol. The van der Waals surface area contributed by atoms with Crippen LogP contribution in [0.25, 0.3) is 0 Å². The molecule has 5 rings (SSSR count). The number of fused-ring (bicyclic) bond motifs is 6. The van der Waals surface area contributed by atoms with Gasteiger partial charge >= 0.3 is 0 Å². The van der Waals surface area contributed by atoms with Crippen LogP contribution >= 0.6 is 12.4 Å². The summed E-state index contributed by atoms with van der Waals surface area (Å²) in [5.41, 5.74) is 7.16. The Bertz CT molecular complexity index is 635. The molecule has 4 unspecified atom stereocenters. The van der Waals surface area contributed by atoms with E-state index in [4.69, 9.17) is 15.2 Å². The zero-order chi connectivity index (χ0) is 14.1. The highest BCUT2D eigenvalue weighted by Gasteiger charge is 2.67. The first-order valence-electron chi connectivity index (χ1n) is 7.72. The Balaban J connectivity index is 0.00000125. The molecule has 0 saturated heterocycles. The fraction of sp³-hybridized carbons (Fsp3) is 0.562. The maximum atomic E-state index is 12.5. The second-order valence-corrected chi connectivity index (χ2v) is 6.80. The molecular weight excluding hydrogens is 304 g/mol. The summed E-state index contributed by atoms with van der Waals surface area (Å²) in [5.74, 6) is 4.50. The minimum Gasteiger partial charge on any atom is -0.454 e. The van der Waals surface area contributed by atoms with Crippen molar-refractivity contribution in [3.63, 3.8) is 0 Å². The lowest BCUT2D eigenvalue weighted by atomic mass is 10.0. The van der Waals surface area contributed by atoms with E-state index in [-0.39, 0.29) is 31.0 Å². The number of nitrogen functional groups attached to an aromatic ring is 1. The van der Waals surface area contributed by atoms with Crippen molar-refractivity contribution in [1.82, 2.24) is 0 Å². The molecule has 0 radical (unpaired) electrons. The first-order chi connectivity index (χ1) is 10.2. The van der Waals surface area contributed by atoms with Crippen LogP contribution in [0.2, 0.25) is 0 Å². The van der Waals surface area contributed by atoms with Crippen LogP contribution in [0.5, 0.6) is 11.5 Å². The normalized spacial score (nSPS) is 35.7. The van der Waals surface area contributed by atoms with Gasteiger partial charge in [0.25, 0.3) is 0 Å². The lowest BCUT2D eigenvalue weighted by molar-refractivity contribution is -0.118. The third-order valence-corrected chi connectivity index (χ3v) is 5.84. The quantitative estimate of drug-likeness (QED) is 0.821. The molecule has 2 bridgehead atoms. The fourth-order valence-electron chi connectivity index (χ4n) is 4.96. The Hall–Kier alpha value is -1.62. The number of rotatable bonds is 2. The van der Waals surface area contributed by atoms with Crippen molar-refractivity contribution in [2.75, 3.05) is 17.8 Å². The molecule has 1 aliphatic heterocycles. The molecule has 22 heavy (non-hydrogen) atoms. The Morgan fingerprint density at radius 1 is 1.14 bits per heavy atom. The molecule has 3 aliphatic carbocycles. The van der Waals surface area contributed by atoms with E-state index in [0.717, 1.165) is 11.8 Å². The van der Waals surface area contributed by atoms with Gasteiger partial charge in [-0.15, -0.1) is 12.4 Å². The maximum Gasteiger partial charge on any atom is 0.231 e. The predicted molar refractivity (Wildman–Crippen MR) is 84.2 cm³/mol. The van der Waals surface area contributed by atoms with E-state index in [9.17, 15) is 4.79 Å². The minimum atomic E-state index is 0. The SMILES string of the molecule is Cl.Nc1cc2c(cc1NC(=O)C1C3C4CCC(C4)C13)OCO2. The van der Waals surface area contributed by atoms with Gasteiger partial charge in [-0.25, -0.2) is 0 Å². The molecule has 0 spiro atoms. The summed E-state index contributed by atoms with van der Waals surface area (Å²) in [6.45, 7) is 0.211. The van der Waals surface area contributed by atoms with Gasteiger partial charge < -0.3 is 20.5 Å². The van der Waals surface area contributed by atoms with Gasteiger partial charge in [-0.2, -0.15) is 0 Å². The van der Waals surface area contributed by atoms with E-state index >= 15 is 0 Å². The number of carbonyl (C=O) groups is 1. The van der Waals surface area contributed by atoms with Crippen LogP contribution in [-0.4, -0.2) is 12.7 Å². The van der Waals surface area contributed by atoms with Crippen LogP contribution < -0.4 is 20.5 Å². The fourth-order valence-corrected chi connectivity index (χ4v) is 4.96. The molecule has 5 nitrogen and oxygen atoms in total. The minimum absolute atomic E-state index is 0. The molecule has 1 heterocycles. The van der Waals surface area contributed by atoms with Gasteiger partial charge in [0.05, 0.1) is 11.4 Å². The topological polar surface area (TPSA) is 73.6 Å². The molecule has 3 N–H and O–H groups in total. The van der Waals surface area contributed by atoms with Gasteiger partial charge in [-0.1, -0.05) is 0 Å². The van der Waals surface area contributed by atoms with E-state index in [0.29, 0.717) is 34.7 Å². The number of anilines is 2. The highest BCUT2D eigenvalue weighted by atomic mass is 35.5. The van der Waals surface area contributed by atoms with Gasteiger partial charge in [0.1, 0.15) is 0 Å². The summed E-state index contributed by atoms with van der Waals surface area (Å²) in [6.07, 6.45) is 3.99. The molecule has 118 valence electrons. The van der Waals surface area contributed by atoms with Crippen LogP contribution in [0.4, 0.5) is 11.4 Å². The number of ether oxygens (including phenoxy) is 2. The number of benzene rings is 1. The van der Waals surface area contributed by atoms with E-state index in [1.165, 1.54) is 19.3 Å². The van der Waals surface area contributed by atoms with Crippen LogP contribution in [0.15, 0.2) is 12.1 Å². The third-order valence-electron chi connectivity index (χ3n) is 5.84. The van der Waals surface area contributed by atoms with Gasteiger partial charge in [0.2, 0.25) is 12.7 Å². The molecule has 3 saturated carbocycles. The van der Waals surface area contributed by atoms with Crippen LogP contribution in [0.1, 0.15) is 19.3 Å². The van der Waals surface area contributed by atoms with Crippen LogP contribution in [-0.2, 0) is 4.79 Å². The zero-order valence-electron chi connectivity index (χ0n) is 12.1. The molecule has 1 aromatic carbocycles. The number of nitrogens with two attached hydrogens (primary N) is 1. The first kappa shape index (κ1) is 14.0. The Morgan fingerprint density at radius 3 is 2.45 bits per heavy atom. The second-order valence-electron chi connectivity index (χ2n) is 6.80. The van der Waals surface area contributed by atoms with Crippen LogP contribution in [0.3, 0.4) is 0 Å². The summed E-state index contributed by atoms with van der Waals surface area (Å²) in [6, 6.07) is 3.48. The summed E-state index contributed by atoms with van der Waals surface area (Å²) >= 11 is 0. The molecule has 1 amide bonds. The second kappa shape index (κ2) is 4.69. The van der Waals surface area contributed by atoms with Gasteiger partial charge in [0.15, 0.2) is 11.5 Å². The van der Waals surface area contributed by atoms with Crippen LogP contribution in [0, 0.1) is 29.6 Å². The average molecular weight is 323 g/mol. The van der Waals surface area contributed by atoms with E-state index in [1.807, 2.05) is 0 Å². The maximum absolute atomic E-state index is 12.5. The van der Waals surface area contributed by atoms with Crippen molar-refractivity contribution in [2.45, 2.75) is 19.3 Å². The summed E-state index contributed by atoms with van der Waals surface area (Å²) in [7, 11) is 0. The number of hydrogen-bond acceptors (Lipinski definition) is 4. The smallest absolute Gasteiger partial charge is 0.231 e. The van der Waals surface area contributed by atoms with Crippen molar-refractivity contribution in [3.8, 4) is 11.5 Å². The van der Waals surface area contributed by atoms with Crippen molar-refractivity contribution in [1.29, 1.82) is 0 Å². The molecule has 6 heteroatoms. The number of hydrogen-bond donors (Lipinski definition) is 2. The number of nitrogens with one attached hydrogen (secondary N) is 1. The van der Waals surface area contributed by atoms with E-state index < -0.39 is 0 Å². The standard InChI is InChI=1S/C16H18N2O3.ClH/c17-9-4-11-12(21-6-20-11)5-10(9)18-16(19)15-13-7-1-2-8(3-7)14(13)15;/h4-5,7-8,13-15H,1-3,6,17H2,(H,18,19);1H. The number of carbonyl (C=O) groups excluding carboxylic acids is 1. The molecule has 0 aromatic heterocycles. The Kier molecular flexibility index (Phi) is 2.98. The predicted octanol–water partition coefficient (Wildman–Crippen LogP) is 2.65. The van der Waals surface area contributed by atoms with Crippen molar-refractivity contribution >= 4 is 29.7 Å². The first-order valence-corrected chi connectivity index (χ1v) is 7.72. The highest BCUT2D eigenvalue weighted by molar-refractivity contribution is 5.98. The lowest BCUT2D eigenvalue weighted by Gasteiger charge is -2.12. The average Bonchev–Trinajstić information content (AvgIpc) is 2.81. The Labute approximate surface area is 134 Å². The largest absolute Gasteiger partial charge is 0.454 e. The molecule has 3 fully saturated rings. The molecular formula is C16H19ClN2O3. The summed E-state index contributed by atoms with van der Waals surface area (Å²) < 4.78 is 10.6. The zero-order valence-corrected chi connectivity index (χ0v) is 12.9. The molecule has 1 aromatic rings. The van der Waals surface area contributed by atoms with Gasteiger partial charge in [0, 0.05) is 18.1 Å². The summed E-state index contributed by atoms with van der Waals surface area (Å²) in [5, 5.41) is 3.00. The third kappa shape index (κ3) is 1.81. The van der Waals surface area contributed by atoms with E-state index in [1.54, 1.807) is 12.1 Å². The Morgan fingerprint density at radius 2 is 1.77 bits per heavy atom. The van der Waals surface area contributed by atoms with Crippen molar-refractivity contribution < 1.29 is 14.3 Å². The molecule has 4 aliphatic rings. The number of halogens is 1. The summed E-state index contributed by atoms with van der Waals surface area (Å²) in [4.78, 5) is 12.5.